The zero-order valence-corrected chi connectivity index (χ0v) is 27.1. The molecule has 2 heterocycles. The van der Waals surface area contributed by atoms with Gasteiger partial charge in [0.15, 0.2) is 5.78 Å². The Balaban J connectivity index is 1.44. The Bertz CT molecular complexity index is 1820. The molecule has 0 amide bonds. The minimum absolute atomic E-state index is 0.158. The lowest BCUT2D eigenvalue weighted by atomic mass is 9.97. The molecule has 1 aromatic heterocycles. The highest BCUT2D eigenvalue weighted by atomic mass is 32.2. The number of carbonyl (C=O) groups is 1. The van der Waals surface area contributed by atoms with Gasteiger partial charge in [0.25, 0.3) is 0 Å². The molecule has 1 aliphatic rings. The highest BCUT2D eigenvalue weighted by Crippen LogP contribution is 2.42. The van der Waals surface area contributed by atoms with E-state index in [0.717, 1.165) is 19.6 Å². The number of ether oxygens (including phenoxy) is 1. The average Bonchev–Trinajstić information content (AvgIpc) is 3.40. The molecule has 0 aliphatic carbocycles. The summed E-state index contributed by atoms with van der Waals surface area (Å²) in [6, 6.07) is 18.4. The third-order valence-electron chi connectivity index (χ3n) is 7.40. The van der Waals surface area contributed by atoms with Crippen LogP contribution in [-0.2, 0) is 20.2 Å². The summed E-state index contributed by atoms with van der Waals surface area (Å²) in [4.78, 5) is 17.1. The van der Waals surface area contributed by atoms with Gasteiger partial charge in [0.2, 0.25) is 0 Å². The summed E-state index contributed by atoms with van der Waals surface area (Å²) in [5.74, 6) is 0.460. The van der Waals surface area contributed by atoms with Crippen molar-refractivity contribution in [3.8, 4) is 27.7 Å². The number of thiophene rings is 1. The molecule has 1 fully saturated rings. The average molecular weight is 658 g/mol. The topological polar surface area (TPSA) is 116 Å². The van der Waals surface area contributed by atoms with Crippen molar-refractivity contribution in [2.75, 3.05) is 37.7 Å². The molecule has 4 aromatic rings. The van der Waals surface area contributed by atoms with Gasteiger partial charge in [-0.2, -0.15) is 16.8 Å². The van der Waals surface area contributed by atoms with Crippen LogP contribution in [0.1, 0.15) is 49.0 Å². The van der Waals surface area contributed by atoms with Crippen molar-refractivity contribution in [3.05, 3.63) is 77.9 Å². The van der Waals surface area contributed by atoms with Gasteiger partial charge >= 0.3 is 20.2 Å². The van der Waals surface area contributed by atoms with Crippen LogP contribution in [0.5, 0.6) is 17.2 Å². The highest BCUT2D eigenvalue weighted by Gasteiger charge is 2.23. The third-order valence-corrected chi connectivity index (χ3v) is 10.9. The molecule has 12 heteroatoms. The second-order valence-electron chi connectivity index (χ2n) is 10.5. The number of nitrogens with zero attached hydrogens (tertiary/aromatic N) is 1. The highest BCUT2D eigenvalue weighted by molar-refractivity contribution is 7.87. The Hall–Kier alpha value is -3.45. The Morgan fingerprint density at radius 3 is 2.00 bits per heavy atom. The van der Waals surface area contributed by atoms with Crippen molar-refractivity contribution in [1.29, 1.82) is 0 Å². The SMILES string of the molecule is CCS(=O)(=O)Oc1ccc(-c2sc3cc(OS(=O)(=O)CC)ccc3c2C(=O)c2ccc(OCCN3CCCCC3)cc2)cc1. The second kappa shape index (κ2) is 13.7. The molecule has 0 spiro atoms. The number of benzene rings is 3. The summed E-state index contributed by atoms with van der Waals surface area (Å²) in [5, 5.41) is 0.645. The lowest BCUT2D eigenvalue weighted by molar-refractivity contribution is 0.104. The van der Waals surface area contributed by atoms with Crippen molar-refractivity contribution in [2.45, 2.75) is 33.1 Å². The van der Waals surface area contributed by atoms with Crippen LogP contribution in [0.25, 0.3) is 20.5 Å². The molecule has 0 radical (unpaired) electrons. The molecule has 1 aliphatic heterocycles. The van der Waals surface area contributed by atoms with Gasteiger partial charge in [0.1, 0.15) is 23.9 Å². The van der Waals surface area contributed by atoms with E-state index in [4.69, 9.17) is 13.1 Å². The Morgan fingerprint density at radius 2 is 1.36 bits per heavy atom. The third kappa shape index (κ3) is 7.79. The van der Waals surface area contributed by atoms with Crippen LogP contribution in [0.15, 0.2) is 66.7 Å². The van der Waals surface area contributed by atoms with Gasteiger partial charge in [-0.15, -0.1) is 11.3 Å². The van der Waals surface area contributed by atoms with Gasteiger partial charge in [-0.3, -0.25) is 9.69 Å². The molecule has 0 atom stereocenters. The fourth-order valence-electron chi connectivity index (χ4n) is 4.95. The molecule has 0 N–H and O–H groups in total. The molecular formula is C32H35NO8S3. The minimum atomic E-state index is -3.74. The first kappa shape index (κ1) is 32.0. The largest absolute Gasteiger partial charge is 0.492 e. The zero-order chi connectivity index (χ0) is 31.3. The number of rotatable bonds is 13. The Kier molecular flexibility index (Phi) is 9.94. The molecule has 44 heavy (non-hydrogen) atoms. The summed E-state index contributed by atoms with van der Waals surface area (Å²) in [7, 11) is -7.43. The number of fused-ring (bicyclic) bond motifs is 1. The van der Waals surface area contributed by atoms with Crippen LogP contribution in [0.3, 0.4) is 0 Å². The fraction of sp³-hybridized carbons (Fsp3) is 0.344. The molecule has 3 aromatic carbocycles. The molecule has 9 nitrogen and oxygen atoms in total. The Labute approximate surface area is 262 Å². The monoisotopic (exact) mass is 657 g/mol. The molecule has 234 valence electrons. The van der Waals surface area contributed by atoms with E-state index in [0.29, 0.717) is 44.0 Å². The lowest BCUT2D eigenvalue weighted by Gasteiger charge is -2.26. The summed E-state index contributed by atoms with van der Waals surface area (Å²) in [6.07, 6.45) is 3.73. The molecule has 0 bridgehead atoms. The van der Waals surface area contributed by atoms with E-state index in [1.54, 1.807) is 60.7 Å². The van der Waals surface area contributed by atoms with Gasteiger partial charge in [0.05, 0.1) is 11.5 Å². The summed E-state index contributed by atoms with van der Waals surface area (Å²) >= 11 is 1.31. The van der Waals surface area contributed by atoms with Crippen LogP contribution in [0, 0.1) is 0 Å². The number of likely N-dealkylation sites (tertiary alicyclic amines) is 1. The summed E-state index contributed by atoms with van der Waals surface area (Å²) in [6.45, 7) is 6.63. The number of hydrogen-bond donors (Lipinski definition) is 0. The minimum Gasteiger partial charge on any atom is -0.492 e. The number of ketones is 1. The standard InChI is InChI=1S/C32H35NO8S3/c1-3-43(35,36)40-26-14-10-24(11-15-26)32-30(28-17-16-27(22-29(28)42-32)41-44(37,38)4-2)31(34)23-8-12-25(13-9-23)39-21-20-33-18-6-5-7-19-33/h8-17,22H,3-7,18-21H2,1-2H3. The van der Waals surface area contributed by atoms with E-state index < -0.39 is 20.2 Å². The lowest BCUT2D eigenvalue weighted by Crippen LogP contribution is -2.33. The van der Waals surface area contributed by atoms with Crippen LogP contribution >= 0.6 is 11.3 Å². The number of hydrogen-bond acceptors (Lipinski definition) is 10. The summed E-state index contributed by atoms with van der Waals surface area (Å²) in [5.41, 5.74) is 1.60. The zero-order valence-electron chi connectivity index (χ0n) is 24.7. The smallest absolute Gasteiger partial charge is 0.308 e. The van der Waals surface area contributed by atoms with Crippen LogP contribution < -0.4 is 13.1 Å². The molecule has 1 saturated heterocycles. The van der Waals surface area contributed by atoms with Crippen molar-refractivity contribution >= 4 is 47.4 Å². The molecule has 0 saturated carbocycles. The van der Waals surface area contributed by atoms with E-state index in [1.165, 1.54) is 50.5 Å². The maximum absolute atomic E-state index is 14.0. The maximum atomic E-state index is 14.0. The molecule has 5 rings (SSSR count). The van der Waals surface area contributed by atoms with Crippen LogP contribution in [-0.4, -0.2) is 65.3 Å². The van der Waals surface area contributed by atoms with E-state index in [2.05, 4.69) is 4.90 Å². The van der Waals surface area contributed by atoms with Crippen molar-refractivity contribution in [3.63, 3.8) is 0 Å². The summed E-state index contributed by atoms with van der Waals surface area (Å²) < 4.78 is 64.9. The van der Waals surface area contributed by atoms with Gasteiger partial charge in [0, 0.05) is 32.6 Å². The molecular weight excluding hydrogens is 623 g/mol. The first-order valence-corrected chi connectivity index (χ1v) is 18.6. The van der Waals surface area contributed by atoms with Gasteiger partial charge in [-0.25, -0.2) is 0 Å². The van der Waals surface area contributed by atoms with Crippen molar-refractivity contribution in [1.82, 2.24) is 4.90 Å². The van der Waals surface area contributed by atoms with E-state index in [9.17, 15) is 21.6 Å². The van der Waals surface area contributed by atoms with Crippen molar-refractivity contribution < 1.29 is 34.7 Å². The van der Waals surface area contributed by atoms with E-state index in [1.807, 2.05) is 0 Å². The predicted octanol–water partition coefficient (Wildman–Crippen LogP) is 6.12. The first-order chi connectivity index (χ1) is 21.1. The van der Waals surface area contributed by atoms with Gasteiger partial charge < -0.3 is 13.1 Å². The first-order valence-electron chi connectivity index (χ1n) is 14.6. The normalized spacial score (nSPS) is 14.4. The predicted molar refractivity (Wildman–Crippen MR) is 173 cm³/mol. The van der Waals surface area contributed by atoms with E-state index >= 15 is 0 Å². The van der Waals surface area contributed by atoms with Crippen molar-refractivity contribution in [2.24, 2.45) is 0 Å². The van der Waals surface area contributed by atoms with Gasteiger partial charge in [-0.1, -0.05) is 6.42 Å². The maximum Gasteiger partial charge on any atom is 0.308 e. The van der Waals surface area contributed by atoms with Crippen LogP contribution in [0.4, 0.5) is 0 Å². The second-order valence-corrected chi connectivity index (χ2v) is 15.2. The van der Waals surface area contributed by atoms with Gasteiger partial charge in [-0.05, 0) is 112 Å². The molecule has 0 unspecified atom stereocenters. The quantitative estimate of drug-likeness (QED) is 0.124. The Morgan fingerprint density at radius 1 is 0.773 bits per heavy atom. The number of piperidine rings is 1. The van der Waals surface area contributed by atoms with E-state index in [-0.39, 0.29) is 28.8 Å². The van der Waals surface area contributed by atoms with Crippen LogP contribution in [0.2, 0.25) is 0 Å². The fourth-order valence-corrected chi connectivity index (χ4v) is 7.22. The number of carbonyl (C=O) groups excluding carboxylic acids is 1.